The molecule has 0 aromatic heterocycles. The summed E-state index contributed by atoms with van der Waals surface area (Å²) in [5.74, 6) is 0.828. The summed E-state index contributed by atoms with van der Waals surface area (Å²) in [7, 11) is 0. The number of aryl methyl sites for hydroxylation is 1. The van der Waals surface area contributed by atoms with Crippen LogP contribution in [0.4, 0.5) is 5.69 Å². The van der Waals surface area contributed by atoms with Gasteiger partial charge in [0.2, 0.25) is 17.7 Å². The molecule has 1 aliphatic heterocycles. The second kappa shape index (κ2) is 5.93. The summed E-state index contributed by atoms with van der Waals surface area (Å²) in [5.41, 5.74) is 1.57. The van der Waals surface area contributed by atoms with E-state index in [4.69, 9.17) is 11.6 Å². The molecule has 140 valence electrons. The Hall–Kier alpha value is -2.14. The highest BCUT2D eigenvalue weighted by atomic mass is 35.5. The van der Waals surface area contributed by atoms with Crippen molar-refractivity contribution in [3.63, 3.8) is 0 Å². The van der Waals surface area contributed by atoms with Crippen molar-refractivity contribution in [3.05, 3.63) is 40.9 Å². The van der Waals surface area contributed by atoms with Crippen LogP contribution in [-0.4, -0.2) is 29.2 Å². The van der Waals surface area contributed by atoms with E-state index in [1.165, 1.54) is 4.90 Å². The Morgan fingerprint density at radius 1 is 1.15 bits per heavy atom. The van der Waals surface area contributed by atoms with Crippen molar-refractivity contribution in [2.45, 2.75) is 19.8 Å². The maximum Gasteiger partial charge on any atom is 0.233 e. The van der Waals surface area contributed by atoms with Crippen LogP contribution in [0.3, 0.4) is 0 Å². The average molecular weight is 385 g/mol. The minimum absolute atomic E-state index is 0.0820. The number of likely N-dealkylation sites (tertiary alicyclic amines) is 1. The molecule has 6 heteroatoms. The predicted octanol–water partition coefficient (Wildman–Crippen LogP) is 3.03. The number of rotatable bonds is 4. The highest BCUT2D eigenvalue weighted by Crippen LogP contribution is 2.65. The van der Waals surface area contributed by atoms with E-state index < -0.39 is 0 Å². The maximum atomic E-state index is 12.9. The Bertz CT molecular complexity index is 859. The molecule has 0 radical (unpaired) electrons. The van der Waals surface area contributed by atoms with E-state index in [0.29, 0.717) is 22.5 Å². The lowest BCUT2D eigenvalue weighted by Gasteiger charge is -2.37. The standard InChI is InChI=1S/C21H21ClN2O3/c1-10-2-3-11(22)8-16(10)23-17(25)6-7-24-20(26)18-12-4-5-13(15-9-14(12)15)19(18)21(24)27/h2-5,8,12-15,18-19H,6-7,9H2,1H3,(H,23,25)/t12-,13+,14-,15-,18+,19+/m1/s1. The molecule has 1 saturated heterocycles. The summed E-state index contributed by atoms with van der Waals surface area (Å²) in [6, 6.07) is 5.30. The number of benzene rings is 1. The van der Waals surface area contributed by atoms with E-state index in [9.17, 15) is 14.4 Å². The highest BCUT2D eigenvalue weighted by Gasteiger charge is 2.66. The normalized spacial score (nSPS) is 35.3. The molecule has 1 aromatic rings. The quantitative estimate of drug-likeness (QED) is 0.641. The van der Waals surface area contributed by atoms with Gasteiger partial charge in [-0.25, -0.2) is 0 Å². The summed E-state index contributed by atoms with van der Waals surface area (Å²) in [6.07, 6.45) is 5.56. The number of carbonyl (C=O) groups excluding carboxylic acids is 3. The first-order valence-electron chi connectivity index (χ1n) is 9.55. The first-order chi connectivity index (χ1) is 13.0. The number of anilines is 1. The van der Waals surface area contributed by atoms with Crippen molar-refractivity contribution in [2.75, 3.05) is 11.9 Å². The fraction of sp³-hybridized carbons (Fsp3) is 0.476. The molecule has 6 rings (SSSR count). The molecule has 2 bridgehead atoms. The molecule has 3 amide bonds. The Balaban J connectivity index is 1.26. The van der Waals surface area contributed by atoms with E-state index in [2.05, 4.69) is 17.5 Å². The Morgan fingerprint density at radius 2 is 1.78 bits per heavy atom. The van der Waals surface area contributed by atoms with Crippen molar-refractivity contribution in [1.82, 2.24) is 4.90 Å². The zero-order chi connectivity index (χ0) is 18.9. The third-order valence-corrected chi connectivity index (χ3v) is 7.03. The highest BCUT2D eigenvalue weighted by molar-refractivity contribution is 6.31. The number of carbonyl (C=O) groups is 3. The van der Waals surface area contributed by atoms with E-state index in [0.717, 1.165) is 12.0 Å². The van der Waals surface area contributed by atoms with Crippen molar-refractivity contribution in [1.29, 1.82) is 0 Å². The molecule has 5 nitrogen and oxygen atoms in total. The third-order valence-electron chi connectivity index (χ3n) is 6.79. The Labute approximate surface area is 162 Å². The number of allylic oxidation sites excluding steroid dienone is 2. The number of nitrogens with zero attached hydrogens (tertiary/aromatic N) is 1. The minimum Gasteiger partial charge on any atom is -0.326 e. The van der Waals surface area contributed by atoms with Gasteiger partial charge in [-0.05, 0) is 54.7 Å². The zero-order valence-corrected chi connectivity index (χ0v) is 15.8. The van der Waals surface area contributed by atoms with Gasteiger partial charge in [-0.15, -0.1) is 0 Å². The molecule has 27 heavy (non-hydrogen) atoms. The van der Waals surface area contributed by atoms with E-state index in [-0.39, 0.29) is 54.4 Å². The fourth-order valence-electron chi connectivity index (χ4n) is 5.39. The number of imide groups is 1. The van der Waals surface area contributed by atoms with Gasteiger partial charge in [0.05, 0.1) is 11.8 Å². The second-order valence-electron chi connectivity index (χ2n) is 8.24. The molecule has 1 aromatic carbocycles. The lowest BCUT2D eigenvalue weighted by molar-refractivity contribution is -0.140. The fourth-order valence-corrected chi connectivity index (χ4v) is 5.57. The molecule has 2 saturated carbocycles. The summed E-state index contributed by atoms with van der Waals surface area (Å²) in [4.78, 5) is 39.5. The van der Waals surface area contributed by atoms with E-state index in [1.54, 1.807) is 12.1 Å². The Kier molecular flexibility index (Phi) is 3.73. The smallest absolute Gasteiger partial charge is 0.233 e. The van der Waals surface area contributed by atoms with E-state index >= 15 is 0 Å². The molecule has 4 aliphatic carbocycles. The van der Waals surface area contributed by atoms with Crippen LogP contribution in [0, 0.1) is 42.4 Å². The molecule has 0 unspecified atom stereocenters. The molecule has 0 spiro atoms. The van der Waals surface area contributed by atoms with Gasteiger partial charge in [-0.2, -0.15) is 0 Å². The van der Waals surface area contributed by atoms with Gasteiger partial charge in [-0.1, -0.05) is 29.8 Å². The second-order valence-corrected chi connectivity index (χ2v) is 8.68. The van der Waals surface area contributed by atoms with Gasteiger partial charge in [0, 0.05) is 23.7 Å². The van der Waals surface area contributed by atoms with Crippen LogP contribution >= 0.6 is 11.6 Å². The van der Waals surface area contributed by atoms with Crippen LogP contribution in [0.1, 0.15) is 18.4 Å². The van der Waals surface area contributed by atoms with Crippen LogP contribution < -0.4 is 5.32 Å². The Morgan fingerprint density at radius 3 is 2.41 bits per heavy atom. The molecule has 1 heterocycles. The summed E-state index contributed by atoms with van der Waals surface area (Å²) < 4.78 is 0. The largest absolute Gasteiger partial charge is 0.326 e. The van der Waals surface area contributed by atoms with Gasteiger partial charge in [0.25, 0.3) is 0 Å². The molecular formula is C21H21ClN2O3. The van der Waals surface area contributed by atoms with Gasteiger partial charge < -0.3 is 5.32 Å². The van der Waals surface area contributed by atoms with Crippen LogP contribution in [0.25, 0.3) is 0 Å². The van der Waals surface area contributed by atoms with Crippen LogP contribution in [-0.2, 0) is 14.4 Å². The van der Waals surface area contributed by atoms with Gasteiger partial charge in [0.1, 0.15) is 0 Å². The monoisotopic (exact) mass is 384 g/mol. The van der Waals surface area contributed by atoms with Crippen LogP contribution in [0.2, 0.25) is 5.02 Å². The number of halogens is 1. The first kappa shape index (κ1) is 17.0. The summed E-state index contributed by atoms with van der Waals surface area (Å²) in [5, 5.41) is 3.37. The predicted molar refractivity (Wildman–Crippen MR) is 101 cm³/mol. The van der Waals surface area contributed by atoms with Crippen molar-refractivity contribution in [3.8, 4) is 0 Å². The SMILES string of the molecule is Cc1ccc(Cl)cc1NC(=O)CCN1C(=O)[C@H]2[C@@H]3C=C[C@@H]([C@H]4C[C@H]34)[C@@H]2C1=O. The molecular weight excluding hydrogens is 364 g/mol. The maximum absolute atomic E-state index is 12.9. The lowest BCUT2D eigenvalue weighted by Crippen LogP contribution is -2.40. The van der Waals surface area contributed by atoms with Gasteiger partial charge in [0.15, 0.2) is 0 Å². The molecule has 6 atom stereocenters. The number of hydrogen-bond acceptors (Lipinski definition) is 3. The third kappa shape index (κ3) is 2.55. The van der Waals surface area contributed by atoms with Crippen molar-refractivity contribution < 1.29 is 14.4 Å². The van der Waals surface area contributed by atoms with Gasteiger partial charge >= 0.3 is 0 Å². The van der Waals surface area contributed by atoms with Crippen molar-refractivity contribution in [2.24, 2.45) is 35.5 Å². The molecule has 5 aliphatic rings. The molecule has 3 fully saturated rings. The number of hydrogen-bond donors (Lipinski definition) is 1. The van der Waals surface area contributed by atoms with E-state index in [1.807, 2.05) is 13.0 Å². The average Bonchev–Trinajstić information content (AvgIpc) is 3.42. The summed E-state index contributed by atoms with van der Waals surface area (Å²) in [6.45, 7) is 2.03. The van der Waals surface area contributed by atoms with Crippen LogP contribution in [0.15, 0.2) is 30.4 Å². The zero-order valence-electron chi connectivity index (χ0n) is 15.0. The number of amides is 3. The number of nitrogens with one attached hydrogen (secondary N) is 1. The lowest BCUT2D eigenvalue weighted by atomic mass is 9.63. The summed E-state index contributed by atoms with van der Waals surface area (Å²) >= 11 is 5.98. The van der Waals surface area contributed by atoms with Crippen LogP contribution in [0.5, 0.6) is 0 Å². The minimum atomic E-state index is -0.222. The topological polar surface area (TPSA) is 66.5 Å². The van der Waals surface area contributed by atoms with Crippen molar-refractivity contribution >= 4 is 35.0 Å². The van der Waals surface area contributed by atoms with Gasteiger partial charge in [-0.3, -0.25) is 19.3 Å². The molecule has 1 N–H and O–H groups in total. The first-order valence-corrected chi connectivity index (χ1v) is 9.93.